The third kappa shape index (κ3) is 4.39. The molecular weight excluding hydrogens is 436 g/mol. The van der Waals surface area contributed by atoms with E-state index in [1.807, 2.05) is 60.7 Å². The SMILES string of the molecule is Cc1nnnn1C(=Cc1ccccc1)C(=O)N(C)c1c(N)n(Cc2ccccc2)c(=O)[nH]c1=O. The molecule has 34 heavy (non-hydrogen) atoms. The maximum atomic E-state index is 13.6. The fourth-order valence-electron chi connectivity index (χ4n) is 3.47. The fraction of sp³-hybridized carbons (Fsp3) is 0.130. The minimum Gasteiger partial charge on any atom is -0.383 e. The molecule has 11 nitrogen and oxygen atoms in total. The number of nitrogens with one attached hydrogen (secondary N) is 1. The Morgan fingerprint density at radius 3 is 2.35 bits per heavy atom. The van der Waals surface area contributed by atoms with Crippen LogP contribution in [-0.4, -0.2) is 42.7 Å². The molecule has 0 saturated carbocycles. The molecule has 2 heterocycles. The number of aromatic nitrogens is 6. The summed E-state index contributed by atoms with van der Waals surface area (Å²) < 4.78 is 2.48. The summed E-state index contributed by atoms with van der Waals surface area (Å²) in [4.78, 5) is 42.2. The molecule has 0 aliphatic rings. The highest BCUT2D eigenvalue weighted by Gasteiger charge is 2.26. The van der Waals surface area contributed by atoms with Crippen LogP contribution >= 0.6 is 0 Å². The van der Waals surface area contributed by atoms with Crippen LogP contribution in [0.2, 0.25) is 0 Å². The molecule has 0 aliphatic heterocycles. The Bertz CT molecular complexity index is 1470. The third-order valence-corrected chi connectivity index (χ3v) is 5.21. The number of carbonyl (C=O) groups excluding carboxylic acids is 1. The van der Waals surface area contributed by atoms with E-state index in [9.17, 15) is 14.4 Å². The molecule has 0 unspecified atom stereocenters. The first-order chi connectivity index (χ1) is 16.4. The molecule has 2 aromatic carbocycles. The Hall–Kier alpha value is -4.80. The highest BCUT2D eigenvalue weighted by Crippen LogP contribution is 2.21. The number of likely N-dealkylation sites (N-methyl/N-ethyl adjacent to an activating group) is 1. The van der Waals surface area contributed by atoms with Gasteiger partial charge in [0.05, 0.1) is 6.54 Å². The van der Waals surface area contributed by atoms with E-state index < -0.39 is 17.2 Å². The minimum atomic E-state index is -0.782. The second kappa shape index (κ2) is 9.36. The lowest BCUT2D eigenvalue weighted by Crippen LogP contribution is -2.40. The van der Waals surface area contributed by atoms with Gasteiger partial charge in [0.25, 0.3) is 11.5 Å². The number of rotatable bonds is 6. The van der Waals surface area contributed by atoms with Crippen molar-refractivity contribution in [3.63, 3.8) is 0 Å². The summed E-state index contributed by atoms with van der Waals surface area (Å²) in [7, 11) is 1.40. The Kier molecular flexibility index (Phi) is 6.17. The molecule has 2 aromatic heterocycles. The highest BCUT2D eigenvalue weighted by atomic mass is 16.2. The quantitative estimate of drug-likeness (QED) is 0.412. The lowest BCUT2D eigenvalue weighted by molar-refractivity contribution is -0.113. The topological polar surface area (TPSA) is 145 Å². The molecular formula is C23H22N8O3. The number of nitrogen functional groups attached to an aromatic ring is 1. The van der Waals surface area contributed by atoms with Crippen LogP contribution in [0.1, 0.15) is 17.0 Å². The number of H-pyrrole nitrogens is 1. The number of hydrogen-bond acceptors (Lipinski definition) is 7. The number of carbonyl (C=O) groups is 1. The standard InChI is InChI=1S/C23H22N8O3/c1-15-26-27-28-31(15)18(13-16-9-5-3-6-10-16)22(33)29(2)19-20(24)30(23(34)25-21(19)32)14-17-11-7-4-8-12-17/h3-13H,14,24H2,1-2H3,(H,25,32,34). The summed E-state index contributed by atoms with van der Waals surface area (Å²) >= 11 is 0. The van der Waals surface area contributed by atoms with Gasteiger partial charge >= 0.3 is 5.69 Å². The molecule has 4 rings (SSSR count). The molecule has 11 heteroatoms. The number of aromatic amines is 1. The van der Waals surface area contributed by atoms with E-state index in [2.05, 4.69) is 20.5 Å². The normalized spacial score (nSPS) is 11.4. The zero-order valence-electron chi connectivity index (χ0n) is 18.5. The van der Waals surface area contributed by atoms with Crippen LogP contribution in [0.25, 0.3) is 11.8 Å². The third-order valence-electron chi connectivity index (χ3n) is 5.21. The van der Waals surface area contributed by atoms with E-state index in [0.29, 0.717) is 5.82 Å². The van der Waals surface area contributed by atoms with Crippen LogP contribution in [0.3, 0.4) is 0 Å². The summed E-state index contributed by atoms with van der Waals surface area (Å²) in [5, 5.41) is 11.4. The molecule has 3 N–H and O–H groups in total. The van der Waals surface area contributed by atoms with E-state index in [1.165, 1.54) is 16.3 Å². The molecule has 0 saturated heterocycles. The summed E-state index contributed by atoms with van der Waals surface area (Å²) in [5.74, 6) is -0.359. The van der Waals surface area contributed by atoms with Crippen molar-refractivity contribution in [2.24, 2.45) is 0 Å². The van der Waals surface area contributed by atoms with Gasteiger partial charge in [-0.3, -0.25) is 19.1 Å². The van der Waals surface area contributed by atoms with E-state index in [0.717, 1.165) is 16.0 Å². The fourth-order valence-corrected chi connectivity index (χ4v) is 3.47. The number of anilines is 2. The number of tetrazole rings is 1. The van der Waals surface area contributed by atoms with E-state index in [-0.39, 0.29) is 23.7 Å². The van der Waals surface area contributed by atoms with Crippen molar-refractivity contribution in [2.75, 3.05) is 17.7 Å². The van der Waals surface area contributed by atoms with Crippen LogP contribution in [0.5, 0.6) is 0 Å². The van der Waals surface area contributed by atoms with Crippen molar-refractivity contribution >= 4 is 29.2 Å². The Morgan fingerprint density at radius 2 is 1.74 bits per heavy atom. The summed E-state index contributed by atoms with van der Waals surface area (Å²) in [6.45, 7) is 1.77. The van der Waals surface area contributed by atoms with Gasteiger partial charge in [-0.25, -0.2) is 4.79 Å². The Balaban J connectivity index is 1.80. The van der Waals surface area contributed by atoms with E-state index >= 15 is 0 Å². The average Bonchev–Trinajstić information content (AvgIpc) is 3.26. The molecule has 0 aliphatic carbocycles. The number of nitrogens with two attached hydrogens (primary N) is 1. The molecule has 0 radical (unpaired) electrons. The molecule has 4 aromatic rings. The van der Waals surface area contributed by atoms with Crippen LogP contribution in [0.15, 0.2) is 70.3 Å². The highest BCUT2D eigenvalue weighted by molar-refractivity contribution is 6.25. The van der Waals surface area contributed by atoms with E-state index in [1.54, 1.807) is 13.0 Å². The molecule has 1 amide bonds. The van der Waals surface area contributed by atoms with Gasteiger partial charge < -0.3 is 10.6 Å². The monoisotopic (exact) mass is 458 g/mol. The van der Waals surface area contributed by atoms with Gasteiger partial charge in [0.2, 0.25) is 0 Å². The van der Waals surface area contributed by atoms with Crippen LogP contribution in [0.4, 0.5) is 11.5 Å². The second-order valence-corrected chi connectivity index (χ2v) is 7.51. The zero-order valence-corrected chi connectivity index (χ0v) is 18.5. The van der Waals surface area contributed by atoms with Crippen LogP contribution in [-0.2, 0) is 11.3 Å². The maximum absolute atomic E-state index is 13.6. The number of nitrogens with zero attached hydrogens (tertiary/aromatic N) is 6. The van der Waals surface area contributed by atoms with Gasteiger partial charge in [0.1, 0.15) is 11.5 Å². The van der Waals surface area contributed by atoms with Crippen molar-refractivity contribution in [3.05, 3.63) is 98.5 Å². The van der Waals surface area contributed by atoms with Gasteiger partial charge in [-0.15, -0.1) is 5.10 Å². The van der Waals surface area contributed by atoms with Gasteiger partial charge in [0, 0.05) is 7.05 Å². The average molecular weight is 458 g/mol. The zero-order chi connectivity index (χ0) is 24.2. The van der Waals surface area contributed by atoms with Gasteiger partial charge in [-0.1, -0.05) is 60.7 Å². The van der Waals surface area contributed by atoms with E-state index in [4.69, 9.17) is 5.73 Å². The van der Waals surface area contributed by atoms with Crippen molar-refractivity contribution in [1.82, 2.24) is 29.8 Å². The first-order valence-corrected chi connectivity index (χ1v) is 10.3. The smallest absolute Gasteiger partial charge is 0.330 e. The molecule has 0 spiro atoms. The lowest BCUT2D eigenvalue weighted by atomic mass is 10.2. The van der Waals surface area contributed by atoms with Crippen molar-refractivity contribution in [3.8, 4) is 0 Å². The molecule has 0 atom stereocenters. The van der Waals surface area contributed by atoms with Crippen molar-refractivity contribution < 1.29 is 4.79 Å². The summed E-state index contributed by atoms with van der Waals surface area (Å²) in [5.41, 5.74) is 6.26. The minimum absolute atomic E-state index is 0.0933. The predicted octanol–water partition coefficient (Wildman–Crippen LogP) is 1.12. The van der Waals surface area contributed by atoms with Crippen molar-refractivity contribution in [2.45, 2.75) is 13.5 Å². The summed E-state index contributed by atoms with van der Waals surface area (Å²) in [6.07, 6.45) is 1.60. The Morgan fingerprint density at radius 1 is 1.09 bits per heavy atom. The van der Waals surface area contributed by atoms with Gasteiger partial charge in [-0.05, 0) is 34.6 Å². The van der Waals surface area contributed by atoms with Crippen molar-refractivity contribution in [1.29, 1.82) is 0 Å². The molecule has 172 valence electrons. The first kappa shape index (κ1) is 22.4. The number of benzene rings is 2. The maximum Gasteiger partial charge on any atom is 0.330 e. The van der Waals surface area contributed by atoms with Crippen LogP contribution in [0, 0.1) is 6.92 Å². The second-order valence-electron chi connectivity index (χ2n) is 7.51. The van der Waals surface area contributed by atoms with Gasteiger partial charge in [-0.2, -0.15) is 4.68 Å². The number of amides is 1. The molecule has 0 bridgehead atoms. The Labute approximate surface area is 193 Å². The lowest BCUT2D eigenvalue weighted by Gasteiger charge is -2.21. The largest absolute Gasteiger partial charge is 0.383 e. The predicted molar refractivity (Wildman–Crippen MR) is 128 cm³/mol. The number of aryl methyl sites for hydroxylation is 1. The van der Waals surface area contributed by atoms with Gasteiger partial charge in [0.15, 0.2) is 11.5 Å². The number of hydrogen-bond donors (Lipinski definition) is 2. The summed E-state index contributed by atoms with van der Waals surface area (Å²) in [6, 6.07) is 18.3. The molecule has 0 fully saturated rings. The van der Waals surface area contributed by atoms with Crippen LogP contribution < -0.4 is 21.9 Å². The first-order valence-electron chi connectivity index (χ1n) is 10.3.